The highest BCUT2D eigenvalue weighted by Gasteiger charge is 2.49. The zero-order valence-corrected chi connectivity index (χ0v) is 31.0. The minimum Gasteiger partial charge on any atom is -0.311 e. The van der Waals surface area contributed by atoms with E-state index in [1.165, 1.54) is 117 Å². The Labute approximate surface area is 317 Å². The van der Waals surface area contributed by atoms with Crippen LogP contribution in [-0.2, 0) is 0 Å². The van der Waals surface area contributed by atoms with Gasteiger partial charge in [-0.1, -0.05) is 114 Å². The molecule has 0 atom stereocenters. The Morgan fingerprint density at radius 3 is 1.35 bits per heavy atom. The van der Waals surface area contributed by atoms with E-state index < -0.39 is 0 Å². The highest BCUT2D eigenvalue weighted by molar-refractivity contribution is 7.03. The van der Waals surface area contributed by atoms with Gasteiger partial charge in [0, 0.05) is 27.5 Å². The summed E-state index contributed by atoms with van der Waals surface area (Å²) in [6.45, 7) is 2.77. The molecule has 0 unspecified atom stereocenters. The van der Waals surface area contributed by atoms with E-state index in [1.54, 1.807) is 44.2 Å². The van der Waals surface area contributed by atoms with E-state index in [-0.39, 0.29) is 13.4 Å². The lowest BCUT2D eigenvalue weighted by atomic mass is 9.29. The highest BCUT2D eigenvalue weighted by atomic mass is 15.0. The molecule has 0 saturated heterocycles. The van der Waals surface area contributed by atoms with Gasteiger partial charge in [-0.15, -0.1) is 0 Å². The van der Waals surface area contributed by atoms with Gasteiger partial charge in [-0.05, 0) is 160 Å². The third-order valence-corrected chi connectivity index (χ3v) is 15.7. The summed E-state index contributed by atoms with van der Waals surface area (Å²) in [7, 11) is 0. The van der Waals surface area contributed by atoms with E-state index in [4.69, 9.17) is 0 Å². The molecule has 1 aromatic heterocycles. The Bertz CT molecular complexity index is 2800. The smallest absolute Gasteiger partial charge is 0.247 e. The molecule has 6 aliphatic carbocycles. The van der Waals surface area contributed by atoms with Crippen molar-refractivity contribution in [3.05, 3.63) is 137 Å². The Kier molecular flexibility index (Phi) is 5.54. The predicted molar refractivity (Wildman–Crippen MR) is 231 cm³/mol. The summed E-state index contributed by atoms with van der Waals surface area (Å²) in [6.07, 6.45) is 10.8. The van der Waals surface area contributed by atoms with Crippen molar-refractivity contribution in [3.63, 3.8) is 0 Å². The van der Waals surface area contributed by atoms with Crippen molar-refractivity contribution in [2.45, 2.75) is 82.0 Å². The first-order valence-electron chi connectivity index (χ1n) is 21.0. The van der Waals surface area contributed by atoms with Crippen LogP contribution in [-0.4, -0.2) is 18.0 Å². The summed E-state index contributed by atoms with van der Waals surface area (Å²) in [5.74, 6) is 2.70. The second-order valence-electron chi connectivity index (χ2n) is 18.1. The van der Waals surface area contributed by atoms with Crippen LogP contribution in [0.3, 0.4) is 0 Å². The first kappa shape index (κ1) is 29.4. The fraction of sp³-hybridized carbons (Fsp3) is 0.255. The SMILES string of the molecule is Cc1cc2c3c(c1)B(c1cccc4ccccc14)c1c4c(cc5c6cc7c(c(c6n-3c15)B2c1cccc2ccccc12)C1CCC7CC1)C1CCC4CC1. The number of aryl methyl sites for hydroxylation is 1. The second-order valence-corrected chi connectivity index (χ2v) is 18.1. The molecule has 0 radical (unpaired) electrons. The molecule has 3 heteroatoms. The predicted octanol–water partition coefficient (Wildman–Crippen LogP) is 8.57. The third-order valence-electron chi connectivity index (χ3n) is 15.7. The van der Waals surface area contributed by atoms with Gasteiger partial charge in [0.1, 0.15) is 0 Å². The fourth-order valence-corrected chi connectivity index (χ4v) is 13.7. The zero-order chi connectivity index (χ0) is 35.0. The summed E-state index contributed by atoms with van der Waals surface area (Å²) in [5.41, 5.74) is 22.2. The molecule has 3 heterocycles. The molecule has 16 rings (SSSR count). The molecule has 0 spiro atoms. The summed E-state index contributed by atoms with van der Waals surface area (Å²) in [6, 6.07) is 43.4. The molecule has 7 aromatic carbocycles. The summed E-state index contributed by atoms with van der Waals surface area (Å²) in [4.78, 5) is 0. The maximum absolute atomic E-state index is 2.88. The van der Waals surface area contributed by atoms with E-state index in [0.717, 1.165) is 0 Å². The van der Waals surface area contributed by atoms with E-state index >= 15 is 0 Å². The topological polar surface area (TPSA) is 4.93 Å². The first-order chi connectivity index (χ1) is 26.7. The van der Waals surface area contributed by atoms with Gasteiger partial charge in [0.2, 0.25) is 13.4 Å². The number of aromatic nitrogens is 1. The van der Waals surface area contributed by atoms with E-state index in [2.05, 4.69) is 121 Å². The second kappa shape index (κ2) is 10.2. The van der Waals surface area contributed by atoms with Crippen molar-refractivity contribution in [3.8, 4) is 5.69 Å². The normalized spacial score (nSPS) is 22.6. The number of fused-ring (bicyclic) bond motifs is 7. The van der Waals surface area contributed by atoms with Gasteiger partial charge in [-0.25, -0.2) is 0 Å². The molecule has 8 aliphatic rings. The summed E-state index contributed by atoms with van der Waals surface area (Å²) < 4.78 is 2.88. The van der Waals surface area contributed by atoms with Crippen LogP contribution in [0.5, 0.6) is 0 Å². The Balaban J connectivity index is 1.24. The van der Waals surface area contributed by atoms with Crippen LogP contribution in [0.15, 0.2) is 109 Å². The van der Waals surface area contributed by atoms with Gasteiger partial charge >= 0.3 is 0 Å². The van der Waals surface area contributed by atoms with Crippen LogP contribution in [0.1, 0.15) is 103 Å². The lowest BCUT2D eigenvalue weighted by molar-refractivity contribution is 0.360. The van der Waals surface area contributed by atoms with Gasteiger partial charge in [0.15, 0.2) is 0 Å². The van der Waals surface area contributed by atoms with Crippen LogP contribution in [0.25, 0.3) is 49.0 Å². The minimum atomic E-state index is 0.193. The lowest BCUT2D eigenvalue weighted by Crippen LogP contribution is -2.65. The maximum atomic E-state index is 2.88. The van der Waals surface area contributed by atoms with Crippen molar-refractivity contribution in [2.24, 2.45) is 0 Å². The van der Waals surface area contributed by atoms with Crippen LogP contribution in [0.4, 0.5) is 0 Å². The third kappa shape index (κ3) is 3.48. The molecule has 256 valence electrons. The van der Waals surface area contributed by atoms with Gasteiger partial charge in [0.25, 0.3) is 0 Å². The molecule has 2 fully saturated rings. The number of benzene rings is 7. The van der Waals surface area contributed by atoms with Gasteiger partial charge in [-0.3, -0.25) is 0 Å². The van der Waals surface area contributed by atoms with Crippen LogP contribution >= 0.6 is 0 Å². The van der Waals surface area contributed by atoms with Gasteiger partial charge in [-0.2, -0.15) is 0 Å². The average Bonchev–Trinajstić information content (AvgIpc) is 3.55. The maximum Gasteiger partial charge on any atom is 0.247 e. The number of nitrogens with zero attached hydrogens (tertiary/aromatic N) is 1. The fourth-order valence-electron chi connectivity index (χ4n) is 13.7. The zero-order valence-electron chi connectivity index (χ0n) is 31.0. The van der Waals surface area contributed by atoms with Crippen molar-refractivity contribution >= 4 is 89.6 Å². The van der Waals surface area contributed by atoms with Crippen LogP contribution in [0.2, 0.25) is 0 Å². The molecule has 8 aromatic rings. The molecule has 2 saturated carbocycles. The van der Waals surface area contributed by atoms with Crippen molar-refractivity contribution in [2.75, 3.05) is 0 Å². The Morgan fingerprint density at radius 1 is 0.444 bits per heavy atom. The van der Waals surface area contributed by atoms with Crippen molar-refractivity contribution < 1.29 is 0 Å². The Morgan fingerprint density at radius 2 is 0.870 bits per heavy atom. The molecule has 54 heavy (non-hydrogen) atoms. The van der Waals surface area contributed by atoms with Crippen molar-refractivity contribution in [1.29, 1.82) is 0 Å². The van der Waals surface area contributed by atoms with Crippen molar-refractivity contribution in [1.82, 2.24) is 4.57 Å². The standard InChI is InChI=1S/C51H41B2N/c1-28-24-43-51-44(25-28)53(42-15-7-11-30-9-3-5-13-36(30)42)48-46-34-22-18-32(19-23-34)38(46)27-40-39-26-37-31-16-20-33(21-17-31)45(37)47(49(39)54(51)50(40)48)52(43)41-14-6-10-29-8-2-4-12-35(29)41/h2-15,24-27,31-34H,16-23H2,1H3. The molecule has 0 N–H and O–H groups in total. The number of hydrogen-bond donors (Lipinski definition) is 0. The van der Waals surface area contributed by atoms with Gasteiger partial charge in [0.05, 0.1) is 0 Å². The average molecular weight is 690 g/mol. The van der Waals surface area contributed by atoms with E-state index in [9.17, 15) is 0 Å². The Hall–Kier alpha value is -5.01. The summed E-state index contributed by atoms with van der Waals surface area (Å²) in [5, 5.41) is 8.60. The first-order valence-corrected chi connectivity index (χ1v) is 21.0. The van der Waals surface area contributed by atoms with E-state index in [1.807, 2.05) is 0 Å². The largest absolute Gasteiger partial charge is 0.311 e. The molecule has 2 aliphatic heterocycles. The highest BCUT2D eigenvalue weighted by Crippen LogP contribution is 2.54. The number of hydrogen-bond acceptors (Lipinski definition) is 0. The monoisotopic (exact) mass is 689 g/mol. The van der Waals surface area contributed by atoms with Gasteiger partial charge < -0.3 is 4.57 Å². The molecular weight excluding hydrogens is 648 g/mol. The molecule has 1 nitrogen and oxygen atoms in total. The minimum absolute atomic E-state index is 0.193. The molecule has 0 amide bonds. The quantitative estimate of drug-likeness (QED) is 0.160. The van der Waals surface area contributed by atoms with E-state index in [0.29, 0.717) is 23.7 Å². The number of rotatable bonds is 2. The van der Waals surface area contributed by atoms with Crippen LogP contribution < -0.4 is 32.8 Å². The molecule has 4 bridgehead atoms. The van der Waals surface area contributed by atoms with Crippen LogP contribution in [0, 0.1) is 6.92 Å². The summed E-state index contributed by atoms with van der Waals surface area (Å²) >= 11 is 0. The molecular formula is C51H41B2N. The lowest BCUT2D eigenvalue weighted by Gasteiger charge is -2.44.